The van der Waals surface area contributed by atoms with Crippen LogP contribution in [0.15, 0.2) is 54.6 Å². The Kier molecular flexibility index (Phi) is 3.67. The molecular weight excluding hydrogens is 311 g/mol. The van der Waals surface area contributed by atoms with Crippen molar-refractivity contribution in [2.24, 2.45) is 0 Å². The molecule has 2 aromatic carbocycles. The minimum absolute atomic E-state index is 0.417. The second kappa shape index (κ2) is 5.65. The van der Waals surface area contributed by atoms with Crippen LogP contribution in [0.4, 0.5) is 0 Å². The van der Waals surface area contributed by atoms with Crippen LogP contribution in [0.2, 0.25) is 0 Å². The maximum Gasteiger partial charge on any atom is 0.534 e. The summed E-state index contributed by atoms with van der Waals surface area (Å²) in [6, 6.07) is 18.2. The predicted octanol–water partition coefficient (Wildman–Crippen LogP) is 3.60. The third kappa shape index (κ3) is 2.73. The van der Waals surface area contributed by atoms with E-state index >= 15 is 0 Å². The Morgan fingerprint density at radius 2 is 1.36 bits per heavy atom. The summed E-state index contributed by atoms with van der Waals surface area (Å²) in [5.74, 6) is 0. The van der Waals surface area contributed by atoms with Gasteiger partial charge in [-0.15, -0.1) is 0 Å². The first-order chi connectivity index (χ1) is 11.9. The highest BCUT2D eigenvalue weighted by atomic mass is 16.7. The van der Waals surface area contributed by atoms with Gasteiger partial charge in [-0.1, -0.05) is 48.5 Å². The molecule has 0 atom stereocenters. The summed E-state index contributed by atoms with van der Waals surface area (Å²) >= 11 is 0. The molecule has 0 N–H and O–H groups in total. The van der Waals surface area contributed by atoms with Gasteiger partial charge in [-0.2, -0.15) is 0 Å². The molecular formula is C20H21BN2O2. The number of hydrogen-bond acceptors (Lipinski definition) is 4. The maximum absolute atomic E-state index is 6.14. The van der Waals surface area contributed by atoms with Crippen molar-refractivity contribution < 1.29 is 9.31 Å². The first-order valence-corrected chi connectivity index (χ1v) is 8.55. The van der Waals surface area contributed by atoms with Crippen molar-refractivity contribution in [2.75, 3.05) is 0 Å². The third-order valence-electron chi connectivity index (χ3n) is 5.13. The molecule has 4 rings (SSSR count). The molecule has 1 aliphatic heterocycles. The van der Waals surface area contributed by atoms with Crippen molar-refractivity contribution in [1.29, 1.82) is 0 Å². The molecule has 0 amide bonds. The van der Waals surface area contributed by atoms with Gasteiger partial charge in [-0.25, -0.2) is 9.97 Å². The monoisotopic (exact) mass is 332 g/mol. The molecule has 0 bridgehead atoms. The van der Waals surface area contributed by atoms with Gasteiger partial charge in [0.25, 0.3) is 0 Å². The van der Waals surface area contributed by atoms with Crippen LogP contribution in [0.25, 0.3) is 22.2 Å². The summed E-state index contributed by atoms with van der Waals surface area (Å²) in [5.41, 5.74) is 2.58. The minimum Gasteiger partial charge on any atom is -0.397 e. The first kappa shape index (κ1) is 16.2. The standard InChI is InChI=1S/C20H21BN2O2/c1-19(2)20(3,4)25-21(24-19)18-22-16-13-9-8-12-15(16)17(23-18)14-10-6-5-7-11-14/h5-13H,1-4H3. The van der Waals surface area contributed by atoms with Crippen molar-refractivity contribution in [3.8, 4) is 11.3 Å². The van der Waals surface area contributed by atoms with Gasteiger partial charge in [0.2, 0.25) is 0 Å². The predicted molar refractivity (Wildman–Crippen MR) is 101 cm³/mol. The Morgan fingerprint density at radius 3 is 2.04 bits per heavy atom. The van der Waals surface area contributed by atoms with Crippen LogP contribution in [0.3, 0.4) is 0 Å². The number of nitrogens with zero attached hydrogens (tertiary/aromatic N) is 2. The zero-order chi connectivity index (χ0) is 17.7. The summed E-state index contributed by atoms with van der Waals surface area (Å²) < 4.78 is 12.3. The summed E-state index contributed by atoms with van der Waals surface area (Å²) in [6.45, 7) is 8.14. The number of aromatic nitrogens is 2. The number of benzene rings is 2. The van der Waals surface area contributed by atoms with E-state index < -0.39 is 18.3 Å². The van der Waals surface area contributed by atoms with Crippen LogP contribution < -0.4 is 5.72 Å². The van der Waals surface area contributed by atoms with Gasteiger partial charge in [-0.05, 0) is 33.8 Å². The van der Waals surface area contributed by atoms with E-state index in [1.165, 1.54) is 0 Å². The van der Waals surface area contributed by atoms with Crippen molar-refractivity contribution in [2.45, 2.75) is 38.9 Å². The van der Waals surface area contributed by atoms with E-state index in [0.717, 1.165) is 22.2 Å². The van der Waals surface area contributed by atoms with Crippen molar-refractivity contribution in [3.05, 3.63) is 54.6 Å². The highest BCUT2D eigenvalue weighted by Crippen LogP contribution is 2.36. The van der Waals surface area contributed by atoms with E-state index in [9.17, 15) is 0 Å². The van der Waals surface area contributed by atoms with Gasteiger partial charge in [0, 0.05) is 10.9 Å². The van der Waals surface area contributed by atoms with Gasteiger partial charge in [-0.3, -0.25) is 0 Å². The van der Waals surface area contributed by atoms with E-state index in [-0.39, 0.29) is 0 Å². The molecule has 0 aliphatic carbocycles. The van der Waals surface area contributed by atoms with Crippen LogP contribution in [-0.4, -0.2) is 28.3 Å². The van der Waals surface area contributed by atoms with Crippen molar-refractivity contribution >= 4 is 23.7 Å². The lowest BCUT2D eigenvalue weighted by atomic mass is 9.88. The smallest absolute Gasteiger partial charge is 0.397 e. The Balaban J connectivity index is 1.87. The SMILES string of the molecule is CC1(C)OB(c2nc(-c3ccccc3)c3ccccc3n2)OC1(C)C. The highest BCUT2D eigenvalue weighted by Gasteiger charge is 2.53. The lowest BCUT2D eigenvalue weighted by Gasteiger charge is -2.32. The molecule has 25 heavy (non-hydrogen) atoms. The van der Waals surface area contributed by atoms with Gasteiger partial charge in [0.15, 0.2) is 5.72 Å². The maximum atomic E-state index is 6.14. The molecule has 1 saturated heterocycles. The fourth-order valence-electron chi connectivity index (χ4n) is 2.96. The quantitative estimate of drug-likeness (QED) is 0.673. The highest BCUT2D eigenvalue weighted by molar-refractivity contribution is 6.60. The lowest BCUT2D eigenvalue weighted by Crippen LogP contribution is -2.41. The van der Waals surface area contributed by atoms with E-state index in [1.54, 1.807) is 0 Å². The second-order valence-electron chi connectivity index (χ2n) is 7.40. The van der Waals surface area contributed by atoms with Crippen molar-refractivity contribution in [3.63, 3.8) is 0 Å². The van der Waals surface area contributed by atoms with Gasteiger partial charge in [0.05, 0.1) is 22.4 Å². The molecule has 0 saturated carbocycles. The summed E-state index contributed by atoms with van der Waals surface area (Å²) in [4.78, 5) is 9.54. The first-order valence-electron chi connectivity index (χ1n) is 8.55. The zero-order valence-electron chi connectivity index (χ0n) is 15.0. The van der Waals surface area contributed by atoms with Crippen LogP contribution in [0.5, 0.6) is 0 Å². The van der Waals surface area contributed by atoms with Gasteiger partial charge >= 0.3 is 7.12 Å². The van der Waals surface area contributed by atoms with Crippen LogP contribution >= 0.6 is 0 Å². The van der Waals surface area contributed by atoms with Crippen LogP contribution in [0, 0.1) is 0 Å². The fraction of sp³-hybridized carbons (Fsp3) is 0.300. The van der Waals surface area contributed by atoms with Crippen molar-refractivity contribution in [1.82, 2.24) is 9.97 Å². The van der Waals surface area contributed by atoms with E-state index in [0.29, 0.717) is 5.72 Å². The second-order valence-corrected chi connectivity index (χ2v) is 7.40. The lowest BCUT2D eigenvalue weighted by molar-refractivity contribution is 0.00578. The van der Waals surface area contributed by atoms with Gasteiger partial charge < -0.3 is 9.31 Å². The largest absolute Gasteiger partial charge is 0.534 e. The van der Waals surface area contributed by atoms with E-state index in [2.05, 4.69) is 12.1 Å². The molecule has 1 fully saturated rings. The number of para-hydroxylation sites is 1. The number of rotatable bonds is 2. The summed E-state index contributed by atoms with van der Waals surface area (Å²) in [5, 5.41) is 1.02. The van der Waals surface area contributed by atoms with Crippen LogP contribution in [0.1, 0.15) is 27.7 Å². The Hall–Kier alpha value is -2.24. The molecule has 1 aromatic heterocycles. The molecule has 1 aliphatic rings. The topological polar surface area (TPSA) is 44.2 Å². The average Bonchev–Trinajstić information content (AvgIpc) is 2.82. The minimum atomic E-state index is -0.572. The molecule has 4 nitrogen and oxygen atoms in total. The number of hydrogen-bond donors (Lipinski definition) is 0. The molecule has 0 spiro atoms. The molecule has 2 heterocycles. The van der Waals surface area contributed by atoms with E-state index in [4.69, 9.17) is 19.3 Å². The Bertz CT molecular complexity index is 909. The molecule has 0 radical (unpaired) electrons. The number of fused-ring (bicyclic) bond motifs is 1. The third-order valence-corrected chi connectivity index (χ3v) is 5.13. The summed E-state index contributed by atoms with van der Waals surface area (Å²) in [6.07, 6.45) is 0. The van der Waals surface area contributed by atoms with E-state index in [1.807, 2.05) is 70.2 Å². The van der Waals surface area contributed by atoms with Gasteiger partial charge in [0.1, 0.15) is 0 Å². The molecule has 0 unspecified atom stereocenters. The van der Waals surface area contributed by atoms with Crippen LogP contribution in [-0.2, 0) is 9.31 Å². The summed E-state index contributed by atoms with van der Waals surface area (Å²) in [7, 11) is -0.572. The Labute approximate surface area is 148 Å². The normalized spacial score (nSPS) is 18.6. The zero-order valence-corrected chi connectivity index (χ0v) is 15.0. The Morgan fingerprint density at radius 1 is 0.760 bits per heavy atom. The molecule has 126 valence electrons. The average molecular weight is 332 g/mol. The fourth-order valence-corrected chi connectivity index (χ4v) is 2.96. The molecule has 5 heteroatoms. The molecule has 3 aromatic rings.